The van der Waals surface area contributed by atoms with Gasteiger partial charge < -0.3 is 10.5 Å². The average Bonchev–Trinajstić information content (AvgIpc) is 2.74. The summed E-state index contributed by atoms with van der Waals surface area (Å²) in [7, 11) is 1.50. The Labute approximate surface area is 173 Å². The lowest BCUT2D eigenvalue weighted by Crippen LogP contribution is -2.42. The van der Waals surface area contributed by atoms with Gasteiger partial charge in [0.15, 0.2) is 5.69 Å². The van der Waals surface area contributed by atoms with Crippen LogP contribution in [0, 0.1) is 6.92 Å². The number of nitrogens with one attached hydrogen (secondary N) is 1. The lowest BCUT2D eigenvalue weighted by molar-refractivity contribution is 0.0975. The highest BCUT2D eigenvalue weighted by Crippen LogP contribution is 2.21. The number of ether oxygens (including phenoxy) is 1. The maximum absolute atomic E-state index is 13.3. The number of carbonyl (C=O) groups excluding carboxylic acids is 1. The third-order valence-electron chi connectivity index (χ3n) is 4.81. The predicted octanol–water partition coefficient (Wildman–Crippen LogP) is 1.77. The molecule has 3 N–H and O–H groups in total. The summed E-state index contributed by atoms with van der Waals surface area (Å²) in [6.45, 7) is 2.26. The molecule has 156 valence electrons. The number of rotatable bonds is 7. The summed E-state index contributed by atoms with van der Waals surface area (Å²) in [5, 5.41) is 0. The van der Waals surface area contributed by atoms with Crippen molar-refractivity contribution in [1.82, 2.24) is 9.55 Å². The molecule has 0 fully saturated rings. The van der Waals surface area contributed by atoms with Crippen molar-refractivity contribution >= 4 is 17.4 Å². The first-order chi connectivity index (χ1) is 14.4. The number of anilines is 2. The predicted molar refractivity (Wildman–Crippen MR) is 116 cm³/mol. The highest BCUT2D eigenvalue weighted by atomic mass is 16.5. The molecule has 8 nitrogen and oxygen atoms in total. The Morgan fingerprint density at radius 2 is 1.77 bits per heavy atom. The first kappa shape index (κ1) is 21.1. The SMILES string of the molecule is COCCN(C(=O)c1ccccc1C)c1c(N)n(Cc2ccccc2)c(=O)[nH]c1=O. The topological polar surface area (TPSA) is 110 Å². The quantitative estimate of drug-likeness (QED) is 0.619. The van der Waals surface area contributed by atoms with Gasteiger partial charge in [-0.05, 0) is 24.1 Å². The Kier molecular flexibility index (Phi) is 6.48. The van der Waals surface area contributed by atoms with Gasteiger partial charge in [-0.3, -0.25) is 24.0 Å². The number of aromatic amines is 1. The minimum absolute atomic E-state index is 0.0733. The van der Waals surface area contributed by atoms with Gasteiger partial charge in [-0.25, -0.2) is 4.79 Å². The molecule has 8 heteroatoms. The Hall–Kier alpha value is -3.65. The van der Waals surface area contributed by atoms with Crippen LogP contribution in [0.25, 0.3) is 0 Å². The van der Waals surface area contributed by atoms with Gasteiger partial charge in [0, 0.05) is 19.2 Å². The maximum atomic E-state index is 13.3. The molecule has 0 saturated carbocycles. The minimum atomic E-state index is -0.722. The Morgan fingerprint density at radius 3 is 2.43 bits per heavy atom. The van der Waals surface area contributed by atoms with Crippen LogP contribution < -0.4 is 21.9 Å². The summed E-state index contributed by atoms with van der Waals surface area (Å²) in [6, 6.07) is 16.3. The molecule has 1 amide bonds. The smallest absolute Gasteiger partial charge is 0.330 e. The Morgan fingerprint density at radius 1 is 1.10 bits per heavy atom. The average molecular weight is 408 g/mol. The number of nitrogens with zero attached hydrogens (tertiary/aromatic N) is 2. The van der Waals surface area contributed by atoms with Crippen molar-refractivity contribution in [3.8, 4) is 0 Å². The molecule has 0 unspecified atom stereocenters. The Bertz CT molecular complexity index is 1150. The maximum Gasteiger partial charge on any atom is 0.330 e. The number of nitrogen functional groups attached to an aromatic ring is 1. The lowest BCUT2D eigenvalue weighted by Gasteiger charge is -2.25. The molecule has 0 aliphatic rings. The largest absolute Gasteiger partial charge is 0.383 e. The molecule has 0 saturated heterocycles. The molecule has 0 aliphatic heterocycles. The number of hydrogen-bond acceptors (Lipinski definition) is 5. The number of hydrogen-bond donors (Lipinski definition) is 2. The summed E-state index contributed by atoms with van der Waals surface area (Å²) in [6.07, 6.45) is 0. The van der Waals surface area contributed by atoms with Crippen LogP contribution in [0.5, 0.6) is 0 Å². The van der Waals surface area contributed by atoms with E-state index < -0.39 is 17.2 Å². The van der Waals surface area contributed by atoms with Gasteiger partial charge in [-0.15, -0.1) is 0 Å². The zero-order valence-corrected chi connectivity index (χ0v) is 16.9. The van der Waals surface area contributed by atoms with Crippen LogP contribution in [-0.4, -0.2) is 35.7 Å². The highest BCUT2D eigenvalue weighted by molar-refractivity contribution is 6.08. The molecule has 3 rings (SSSR count). The molecule has 0 spiro atoms. The fourth-order valence-corrected chi connectivity index (χ4v) is 3.22. The molecule has 0 radical (unpaired) electrons. The molecule has 1 aromatic heterocycles. The fourth-order valence-electron chi connectivity index (χ4n) is 3.22. The van der Waals surface area contributed by atoms with Gasteiger partial charge in [-0.1, -0.05) is 48.5 Å². The molecular formula is C22H24N4O4. The second-order valence-electron chi connectivity index (χ2n) is 6.83. The van der Waals surface area contributed by atoms with Gasteiger partial charge in [0.25, 0.3) is 11.5 Å². The van der Waals surface area contributed by atoms with Gasteiger partial charge in [0.05, 0.1) is 13.2 Å². The van der Waals surface area contributed by atoms with Crippen LogP contribution in [0.2, 0.25) is 0 Å². The zero-order chi connectivity index (χ0) is 21.7. The van der Waals surface area contributed by atoms with Gasteiger partial charge >= 0.3 is 5.69 Å². The van der Waals surface area contributed by atoms with E-state index in [0.29, 0.717) is 5.56 Å². The molecule has 0 aliphatic carbocycles. The van der Waals surface area contributed by atoms with Gasteiger partial charge in [0.2, 0.25) is 0 Å². The minimum Gasteiger partial charge on any atom is -0.383 e. The molecule has 30 heavy (non-hydrogen) atoms. The lowest BCUT2D eigenvalue weighted by atomic mass is 10.1. The number of aromatic nitrogens is 2. The van der Waals surface area contributed by atoms with Crippen LogP contribution in [0.3, 0.4) is 0 Å². The van der Waals surface area contributed by atoms with E-state index in [9.17, 15) is 14.4 Å². The van der Waals surface area contributed by atoms with Crippen molar-refractivity contribution in [2.24, 2.45) is 0 Å². The fraction of sp³-hybridized carbons (Fsp3) is 0.227. The van der Waals surface area contributed by atoms with Crippen LogP contribution in [-0.2, 0) is 11.3 Å². The van der Waals surface area contributed by atoms with E-state index in [1.54, 1.807) is 12.1 Å². The monoisotopic (exact) mass is 408 g/mol. The summed E-state index contributed by atoms with van der Waals surface area (Å²) in [5.74, 6) is -0.474. The van der Waals surface area contributed by atoms with E-state index in [4.69, 9.17) is 10.5 Å². The Balaban J connectivity index is 2.12. The van der Waals surface area contributed by atoms with E-state index in [2.05, 4.69) is 4.98 Å². The number of aryl methyl sites for hydroxylation is 1. The number of benzene rings is 2. The third kappa shape index (κ3) is 4.33. The second-order valence-corrected chi connectivity index (χ2v) is 6.83. The first-order valence-corrected chi connectivity index (χ1v) is 9.47. The van der Waals surface area contributed by atoms with Crippen LogP contribution in [0.4, 0.5) is 11.5 Å². The van der Waals surface area contributed by atoms with Crippen molar-refractivity contribution in [2.75, 3.05) is 30.9 Å². The highest BCUT2D eigenvalue weighted by Gasteiger charge is 2.26. The summed E-state index contributed by atoms with van der Waals surface area (Å²) in [5.41, 5.74) is 6.86. The molecule has 3 aromatic rings. The van der Waals surface area contributed by atoms with Crippen molar-refractivity contribution in [3.63, 3.8) is 0 Å². The van der Waals surface area contributed by atoms with Crippen molar-refractivity contribution in [3.05, 3.63) is 92.1 Å². The number of amides is 1. The number of nitrogens with two attached hydrogens (primary N) is 1. The third-order valence-corrected chi connectivity index (χ3v) is 4.81. The van der Waals surface area contributed by atoms with E-state index >= 15 is 0 Å². The summed E-state index contributed by atoms with van der Waals surface area (Å²) in [4.78, 5) is 42.0. The van der Waals surface area contributed by atoms with E-state index in [1.165, 1.54) is 16.6 Å². The second kappa shape index (κ2) is 9.23. The molecular weight excluding hydrogens is 384 g/mol. The van der Waals surface area contributed by atoms with Crippen LogP contribution in [0.15, 0.2) is 64.2 Å². The normalized spacial score (nSPS) is 10.7. The van der Waals surface area contributed by atoms with E-state index in [0.717, 1.165) is 11.1 Å². The van der Waals surface area contributed by atoms with Gasteiger partial charge in [0.1, 0.15) is 5.82 Å². The molecule has 0 bridgehead atoms. The molecule has 2 aromatic carbocycles. The van der Waals surface area contributed by atoms with Gasteiger partial charge in [-0.2, -0.15) is 0 Å². The summed E-state index contributed by atoms with van der Waals surface area (Å²) >= 11 is 0. The van der Waals surface area contributed by atoms with E-state index in [1.807, 2.05) is 49.4 Å². The van der Waals surface area contributed by atoms with E-state index in [-0.39, 0.29) is 31.2 Å². The van der Waals surface area contributed by atoms with Crippen molar-refractivity contribution < 1.29 is 9.53 Å². The van der Waals surface area contributed by atoms with Crippen molar-refractivity contribution in [2.45, 2.75) is 13.5 Å². The standard InChI is InChI=1S/C22H24N4O4/c1-15-8-6-7-11-17(15)21(28)25(12-13-30-2)18-19(23)26(22(29)24-20(18)27)14-16-9-4-3-5-10-16/h3-11H,12-14,23H2,1-2H3,(H,24,27,29). The van der Waals surface area contributed by atoms with Crippen LogP contribution in [0.1, 0.15) is 21.5 Å². The molecule has 0 atom stereocenters. The number of carbonyl (C=O) groups is 1. The summed E-state index contributed by atoms with van der Waals surface area (Å²) < 4.78 is 6.37. The number of H-pyrrole nitrogens is 1. The zero-order valence-electron chi connectivity index (χ0n) is 16.9. The van der Waals surface area contributed by atoms with Crippen molar-refractivity contribution in [1.29, 1.82) is 0 Å². The first-order valence-electron chi connectivity index (χ1n) is 9.47. The van der Waals surface area contributed by atoms with Crippen LogP contribution >= 0.6 is 0 Å². The number of methoxy groups -OCH3 is 1. The molecule has 1 heterocycles.